The normalized spacial score (nSPS) is 11.7. The van der Waals surface area contributed by atoms with Crippen LogP contribution in [0, 0.1) is 0 Å². The van der Waals surface area contributed by atoms with E-state index in [2.05, 4.69) is 5.32 Å². The van der Waals surface area contributed by atoms with Crippen molar-refractivity contribution < 1.29 is 14.7 Å². The first kappa shape index (κ1) is 16.0. The molecule has 5 nitrogen and oxygen atoms in total. The van der Waals surface area contributed by atoms with Gasteiger partial charge < -0.3 is 16.2 Å². The average molecular weight is 319 g/mol. The van der Waals surface area contributed by atoms with Crippen LogP contribution in [0.2, 0.25) is 5.02 Å². The summed E-state index contributed by atoms with van der Waals surface area (Å²) >= 11 is 5.77. The molecule has 4 N–H and O–H groups in total. The van der Waals surface area contributed by atoms with Gasteiger partial charge in [0.25, 0.3) is 0 Å². The first-order valence-corrected chi connectivity index (χ1v) is 6.97. The van der Waals surface area contributed by atoms with Crippen LogP contribution in [0.3, 0.4) is 0 Å². The Morgan fingerprint density at radius 3 is 2.50 bits per heavy atom. The molecule has 1 atom stereocenters. The number of carbonyl (C=O) groups excluding carboxylic acids is 2. The fraction of sp³-hybridized carbons (Fsp3) is 0.125. The van der Waals surface area contributed by atoms with E-state index in [1.807, 2.05) is 0 Å². The predicted molar refractivity (Wildman–Crippen MR) is 84.6 cm³/mol. The second-order valence-corrected chi connectivity index (χ2v) is 5.20. The number of nitrogens with one attached hydrogen (secondary N) is 1. The molecule has 0 saturated carbocycles. The van der Waals surface area contributed by atoms with Crippen molar-refractivity contribution in [3.63, 3.8) is 0 Å². The lowest BCUT2D eigenvalue weighted by Crippen LogP contribution is -2.16. The minimum absolute atomic E-state index is 0.109. The number of aliphatic hydroxyl groups is 1. The number of aliphatic hydroxyl groups excluding tert-OH is 1. The summed E-state index contributed by atoms with van der Waals surface area (Å²) < 4.78 is 0. The van der Waals surface area contributed by atoms with Gasteiger partial charge in [0.15, 0.2) is 0 Å². The summed E-state index contributed by atoms with van der Waals surface area (Å²) in [7, 11) is 0. The van der Waals surface area contributed by atoms with Crippen LogP contribution in [0.4, 0.5) is 5.69 Å². The Balaban J connectivity index is 1.99. The molecular formula is C16H15ClN2O3. The van der Waals surface area contributed by atoms with Gasteiger partial charge in [-0.2, -0.15) is 0 Å². The zero-order valence-corrected chi connectivity index (χ0v) is 12.4. The molecule has 1 unspecified atom stereocenters. The third-order valence-electron chi connectivity index (χ3n) is 3.06. The quantitative estimate of drug-likeness (QED) is 0.790. The van der Waals surface area contributed by atoms with Crippen molar-refractivity contribution in [1.82, 2.24) is 0 Å². The molecule has 0 heterocycles. The van der Waals surface area contributed by atoms with Crippen molar-refractivity contribution in [2.45, 2.75) is 12.5 Å². The maximum absolute atomic E-state index is 11.9. The highest BCUT2D eigenvalue weighted by Gasteiger charge is 2.13. The molecule has 0 radical (unpaired) electrons. The molecule has 0 fully saturated rings. The summed E-state index contributed by atoms with van der Waals surface area (Å²) in [5.41, 5.74) is 6.53. The standard InChI is InChI=1S/C16H15ClN2O3/c17-12-6-4-10(5-7-12)14(20)9-15(21)19-13-3-1-2-11(8-13)16(18)22/h1-8,14,20H,9H2,(H2,18,22)(H,19,21). The molecule has 0 aliphatic heterocycles. The number of carbonyl (C=O) groups is 2. The molecule has 2 aromatic carbocycles. The van der Waals surface area contributed by atoms with Crippen molar-refractivity contribution in [1.29, 1.82) is 0 Å². The highest BCUT2D eigenvalue weighted by Crippen LogP contribution is 2.20. The van der Waals surface area contributed by atoms with Gasteiger partial charge >= 0.3 is 0 Å². The SMILES string of the molecule is NC(=O)c1cccc(NC(=O)CC(O)c2ccc(Cl)cc2)c1. The molecule has 2 amide bonds. The van der Waals surface area contributed by atoms with E-state index in [0.717, 1.165) is 0 Å². The van der Waals surface area contributed by atoms with Gasteiger partial charge in [0.05, 0.1) is 12.5 Å². The molecule has 6 heteroatoms. The molecule has 0 spiro atoms. The Morgan fingerprint density at radius 1 is 1.18 bits per heavy atom. The molecular weight excluding hydrogens is 304 g/mol. The number of amides is 2. The second-order valence-electron chi connectivity index (χ2n) is 4.76. The number of primary amides is 1. The van der Waals surface area contributed by atoms with Crippen LogP contribution in [0.1, 0.15) is 28.4 Å². The first-order valence-electron chi connectivity index (χ1n) is 6.59. The lowest BCUT2D eigenvalue weighted by Gasteiger charge is -2.11. The van der Waals surface area contributed by atoms with Crippen LogP contribution >= 0.6 is 11.6 Å². The smallest absolute Gasteiger partial charge is 0.248 e. The second kappa shape index (κ2) is 7.06. The monoisotopic (exact) mass is 318 g/mol. The van der Waals surface area contributed by atoms with E-state index in [4.69, 9.17) is 17.3 Å². The summed E-state index contributed by atoms with van der Waals surface area (Å²) in [6, 6.07) is 12.9. The minimum Gasteiger partial charge on any atom is -0.388 e. The Kier molecular flexibility index (Phi) is 5.14. The van der Waals surface area contributed by atoms with Crippen molar-refractivity contribution in [3.8, 4) is 0 Å². The highest BCUT2D eigenvalue weighted by atomic mass is 35.5. The Labute approximate surface area is 132 Å². The minimum atomic E-state index is -0.934. The maximum atomic E-state index is 11.9. The number of hydrogen-bond donors (Lipinski definition) is 3. The molecule has 0 aliphatic carbocycles. The van der Waals surface area contributed by atoms with Crippen LogP contribution in [-0.4, -0.2) is 16.9 Å². The Hall–Kier alpha value is -2.37. The predicted octanol–water partition coefficient (Wildman–Crippen LogP) is 2.50. The lowest BCUT2D eigenvalue weighted by atomic mass is 10.1. The van der Waals surface area contributed by atoms with Crippen LogP contribution in [-0.2, 0) is 4.79 Å². The summed E-state index contributed by atoms with van der Waals surface area (Å²) in [5, 5.41) is 13.2. The molecule has 2 rings (SSSR count). The van der Waals surface area contributed by atoms with Gasteiger partial charge in [-0.3, -0.25) is 9.59 Å². The molecule has 114 valence electrons. The van der Waals surface area contributed by atoms with Gasteiger partial charge in [-0.05, 0) is 35.9 Å². The highest BCUT2D eigenvalue weighted by molar-refractivity contribution is 6.30. The summed E-state index contributed by atoms with van der Waals surface area (Å²) in [5.74, 6) is -0.943. The van der Waals surface area contributed by atoms with E-state index in [9.17, 15) is 14.7 Å². The molecule has 2 aromatic rings. The maximum Gasteiger partial charge on any atom is 0.248 e. The molecule has 0 bridgehead atoms. The topological polar surface area (TPSA) is 92.4 Å². The van der Waals surface area contributed by atoms with Gasteiger partial charge in [-0.1, -0.05) is 29.8 Å². The fourth-order valence-electron chi connectivity index (χ4n) is 1.94. The van der Waals surface area contributed by atoms with Gasteiger partial charge in [-0.15, -0.1) is 0 Å². The van der Waals surface area contributed by atoms with Gasteiger partial charge in [0.2, 0.25) is 11.8 Å². The van der Waals surface area contributed by atoms with E-state index in [1.54, 1.807) is 42.5 Å². The third kappa shape index (κ3) is 4.31. The lowest BCUT2D eigenvalue weighted by molar-refractivity contribution is -0.118. The number of rotatable bonds is 5. The number of nitrogens with two attached hydrogens (primary N) is 1. The first-order chi connectivity index (χ1) is 10.5. The van der Waals surface area contributed by atoms with E-state index >= 15 is 0 Å². The number of anilines is 1. The zero-order chi connectivity index (χ0) is 16.1. The Morgan fingerprint density at radius 2 is 1.86 bits per heavy atom. The van der Waals surface area contributed by atoms with Crippen LogP contribution < -0.4 is 11.1 Å². The molecule has 22 heavy (non-hydrogen) atoms. The number of halogens is 1. The molecule has 0 aromatic heterocycles. The fourth-order valence-corrected chi connectivity index (χ4v) is 2.07. The van der Waals surface area contributed by atoms with E-state index in [0.29, 0.717) is 21.8 Å². The number of hydrogen-bond acceptors (Lipinski definition) is 3. The molecule has 0 saturated heterocycles. The van der Waals surface area contributed by atoms with Crippen molar-refractivity contribution >= 4 is 29.1 Å². The summed E-state index contributed by atoms with van der Waals surface area (Å²) in [6.07, 6.45) is -1.04. The summed E-state index contributed by atoms with van der Waals surface area (Å²) in [4.78, 5) is 23.0. The van der Waals surface area contributed by atoms with Gasteiger partial charge in [0.1, 0.15) is 0 Å². The zero-order valence-electron chi connectivity index (χ0n) is 11.6. The van der Waals surface area contributed by atoms with E-state index in [1.165, 1.54) is 6.07 Å². The van der Waals surface area contributed by atoms with Crippen molar-refractivity contribution in [2.24, 2.45) is 5.73 Å². The summed E-state index contributed by atoms with van der Waals surface area (Å²) in [6.45, 7) is 0. The van der Waals surface area contributed by atoms with E-state index < -0.39 is 12.0 Å². The van der Waals surface area contributed by atoms with E-state index in [-0.39, 0.29) is 12.3 Å². The van der Waals surface area contributed by atoms with Crippen molar-refractivity contribution in [3.05, 3.63) is 64.7 Å². The van der Waals surface area contributed by atoms with Crippen LogP contribution in [0.5, 0.6) is 0 Å². The third-order valence-corrected chi connectivity index (χ3v) is 3.32. The van der Waals surface area contributed by atoms with Gasteiger partial charge in [-0.25, -0.2) is 0 Å². The van der Waals surface area contributed by atoms with Crippen LogP contribution in [0.15, 0.2) is 48.5 Å². The van der Waals surface area contributed by atoms with Crippen molar-refractivity contribution in [2.75, 3.05) is 5.32 Å². The van der Waals surface area contributed by atoms with Crippen LogP contribution in [0.25, 0.3) is 0 Å². The number of benzene rings is 2. The largest absolute Gasteiger partial charge is 0.388 e. The Bertz CT molecular complexity index is 686. The molecule has 0 aliphatic rings. The average Bonchev–Trinajstić information content (AvgIpc) is 2.47. The van der Waals surface area contributed by atoms with Gasteiger partial charge in [0, 0.05) is 16.3 Å².